The molecule has 0 saturated heterocycles. The number of hydrogen-bond donors (Lipinski definition) is 1. The van der Waals surface area contributed by atoms with Gasteiger partial charge in [-0.05, 0) is 21.8 Å². The molecule has 0 atom stereocenters. The molecule has 2 rings (SSSR count). The molecule has 15 heavy (non-hydrogen) atoms. The fourth-order valence-electron chi connectivity index (χ4n) is 1.26. The molecule has 0 saturated carbocycles. The zero-order valence-electron chi connectivity index (χ0n) is 8.44. The molecule has 80 valence electrons. The van der Waals surface area contributed by atoms with Gasteiger partial charge in [-0.25, -0.2) is 4.98 Å². The number of aromatic nitrogens is 3. The Bertz CT molecular complexity index is 461. The normalized spacial score (nSPS) is 11.2. The third-order valence-electron chi connectivity index (χ3n) is 2.03. The van der Waals surface area contributed by atoms with E-state index in [0.717, 1.165) is 15.3 Å². The van der Waals surface area contributed by atoms with E-state index in [4.69, 9.17) is 5.73 Å². The van der Waals surface area contributed by atoms with E-state index < -0.39 is 0 Å². The van der Waals surface area contributed by atoms with Crippen LogP contribution in [0.4, 0.5) is 5.82 Å². The summed E-state index contributed by atoms with van der Waals surface area (Å²) in [5, 5.41) is 7.14. The van der Waals surface area contributed by atoms with Gasteiger partial charge in [-0.2, -0.15) is 9.78 Å². The average Bonchev–Trinajstić information content (AvgIpc) is 2.77. The van der Waals surface area contributed by atoms with Crippen molar-refractivity contribution < 1.29 is 0 Å². The quantitative estimate of drug-likeness (QED) is 0.924. The first-order valence-corrected chi connectivity index (χ1v) is 6.22. The predicted molar refractivity (Wildman–Crippen MR) is 65.4 cm³/mol. The summed E-state index contributed by atoms with van der Waals surface area (Å²) >= 11 is 4.97. The van der Waals surface area contributed by atoms with Crippen LogP contribution in [0, 0.1) is 0 Å². The van der Waals surface area contributed by atoms with Crippen LogP contribution in [-0.2, 0) is 0 Å². The van der Waals surface area contributed by atoms with Crippen LogP contribution in [0.3, 0.4) is 0 Å². The molecule has 0 unspecified atom stereocenters. The van der Waals surface area contributed by atoms with Gasteiger partial charge in [0.05, 0.1) is 10.2 Å². The topological polar surface area (TPSA) is 56.7 Å². The summed E-state index contributed by atoms with van der Waals surface area (Å²) in [6.45, 7) is 4.16. The first-order valence-electron chi connectivity index (χ1n) is 4.55. The third kappa shape index (κ3) is 1.79. The molecule has 2 N–H and O–H groups in total. The number of anilines is 1. The lowest BCUT2D eigenvalue weighted by Gasteiger charge is -1.98. The molecular weight excluding hydrogens is 276 g/mol. The maximum atomic E-state index is 5.95. The second kappa shape index (κ2) is 3.94. The van der Waals surface area contributed by atoms with E-state index in [2.05, 4.69) is 39.9 Å². The zero-order valence-corrected chi connectivity index (χ0v) is 10.8. The second-order valence-electron chi connectivity index (χ2n) is 3.47. The fraction of sp³-hybridized carbons (Fsp3) is 0.333. The molecule has 0 fully saturated rings. The number of nitrogen functional groups attached to an aromatic ring is 1. The molecular formula is C9H11BrN4S. The Morgan fingerprint density at radius 3 is 2.73 bits per heavy atom. The number of thiazole rings is 1. The highest BCUT2D eigenvalue weighted by Crippen LogP contribution is 2.31. The van der Waals surface area contributed by atoms with Gasteiger partial charge in [0.25, 0.3) is 0 Å². The van der Waals surface area contributed by atoms with Gasteiger partial charge in [0.15, 0.2) is 0 Å². The van der Waals surface area contributed by atoms with Gasteiger partial charge < -0.3 is 5.73 Å². The van der Waals surface area contributed by atoms with Crippen molar-refractivity contribution in [1.29, 1.82) is 0 Å². The number of nitrogens with two attached hydrogens (primary N) is 1. The van der Waals surface area contributed by atoms with Crippen molar-refractivity contribution in [2.24, 2.45) is 0 Å². The predicted octanol–water partition coefficient (Wildman–Crippen LogP) is 2.80. The Morgan fingerprint density at radius 2 is 2.27 bits per heavy atom. The van der Waals surface area contributed by atoms with Gasteiger partial charge in [-0.15, -0.1) is 11.3 Å². The molecule has 0 aliphatic heterocycles. The van der Waals surface area contributed by atoms with E-state index in [0.29, 0.717) is 11.7 Å². The summed E-state index contributed by atoms with van der Waals surface area (Å²) in [6.07, 6.45) is 1.74. The molecule has 4 nitrogen and oxygen atoms in total. The summed E-state index contributed by atoms with van der Waals surface area (Å²) < 4.78 is 2.54. The number of halogens is 1. The fourth-order valence-corrected chi connectivity index (χ4v) is 2.57. The molecule has 0 radical (unpaired) electrons. The van der Waals surface area contributed by atoms with Crippen molar-refractivity contribution in [3.8, 4) is 5.13 Å². The van der Waals surface area contributed by atoms with Crippen LogP contribution in [0.1, 0.15) is 25.5 Å². The van der Waals surface area contributed by atoms with Crippen molar-refractivity contribution in [2.45, 2.75) is 19.8 Å². The molecule has 0 aliphatic carbocycles. The summed E-state index contributed by atoms with van der Waals surface area (Å²) in [5.41, 5.74) is 6.91. The van der Waals surface area contributed by atoms with Gasteiger partial charge >= 0.3 is 0 Å². The van der Waals surface area contributed by atoms with Crippen molar-refractivity contribution >= 4 is 33.1 Å². The Hall–Kier alpha value is -0.880. The van der Waals surface area contributed by atoms with Crippen LogP contribution >= 0.6 is 27.3 Å². The summed E-state index contributed by atoms with van der Waals surface area (Å²) in [5.74, 6) is 0.941. The smallest absolute Gasteiger partial charge is 0.212 e. The first-order chi connectivity index (χ1) is 7.11. The standard InChI is InChI=1S/C9H11BrN4S/c1-5(2)7-6(10)8(11)14(13-7)9-12-3-4-15-9/h3-5H,11H2,1-2H3. The molecule has 0 aliphatic rings. The number of rotatable bonds is 2. The Morgan fingerprint density at radius 1 is 1.53 bits per heavy atom. The molecule has 0 aromatic carbocycles. The maximum Gasteiger partial charge on any atom is 0.212 e. The van der Waals surface area contributed by atoms with Gasteiger partial charge in [-0.1, -0.05) is 13.8 Å². The monoisotopic (exact) mass is 286 g/mol. The van der Waals surface area contributed by atoms with Crippen LogP contribution in [0.15, 0.2) is 16.0 Å². The first kappa shape index (κ1) is 10.6. The minimum atomic E-state index is 0.336. The maximum absolute atomic E-state index is 5.95. The summed E-state index contributed by atoms with van der Waals surface area (Å²) in [7, 11) is 0. The summed E-state index contributed by atoms with van der Waals surface area (Å²) in [6, 6.07) is 0. The Labute approximate surface area is 100 Å². The van der Waals surface area contributed by atoms with Crippen molar-refractivity contribution in [2.75, 3.05) is 5.73 Å². The van der Waals surface area contributed by atoms with Crippen LogP contribution in [-0.4, -0.2) is 14.8 Å². The highest BCUT2D eigenvalue weighted by molar-refractivity contribution is 9.10. The van der Waals surface area contributed by atoms with Gasteiger partial charge in [0, 0.05) is 11.6 Å². The average molecular weight is 287 g/mol. The summed E-state index contributed by atoms with van der Waals surface area (Å²) in [4.78, 5) is 4.18. The molecule has 0 amide bonds. The molecule has 2 aromatic heterocycles. The Balaban J connectivity index is 2.55. The molecule has 0 bridgehead atoms. The van der Waals surface area contributed by atoms with Crippen LogP contribution in [0.5, 0.6) is 0 Å². The van der Waals surface area contributed by atoms with E-state index in [1.54, 1.807) is 10.9 Å². The van der Waals surface area contributed by atoms with Crippen LogP contribution in [0.2, 0.25) is 0 Å². The van der Waals surface area contributed by atoms with Gasteiger partial charge in [-0.3, -0.25) is 0 Å². The van der Waals surface area contributed by atoms with Gasteiger partial charge in [0.1, 0.15) is 5.82 Å². The lowest BCUT2D eigenvalue weighted by Crippen LogP contribution is -2.01. The zero-order chi connectivity index (χ0) is 11.0. The largest absolute Gasteiger partial charge is 0.383 e. The molecule has 2 heterocycles. The van der Waals surface area contributed by atoms with E-state index in [1.807, 2.05) is 5.38 Å². The minimum absolute atomic E-state index is 0.336. The SMILES string of the molecule is CC(C)c1nn(-c2nccs2)c(N)c1Br. The van der Waals surface area contributed by atoms with Crippen molar-refractivity contribution in [1.82, 2.24) is 14.8 Å². The van der Waals surface area contributed by atoms with Crippen molar-refractivity contribution in [3.05, 3.63) is 21.7 Å². The van der Waals surface area contributed by atoms with E-state index >= 15 is 0 Å². The number of nitrogens with zero attached hydrogens (tertiary/aromatic N) is 3. The molecule has 2 aromatic rings. The molecule has 6 heteroatoms. The van der Waals surface area contributed by atoms with E-state index in [9.17, 15) is 0 Å². The van der Waals surface area contributed by atoms with Crippen LogP contribution < -0.4 is 5.73 Å². The lowest BCUT2D eigenvalue weighted by molar-refractivity contribution is 0.766. The second-order valence-corrected chi connectivity index (χ2v) is 5.13. The van der Waals surface area contributed by atoms with E-state index in [1.165, 1.54) is 11.3 Å². The highest BCUT2D eigenvalue weighted by Gasteiger charge is 2.17. The Kier molecular flexibility index (Phi) is 2.79. The van der Waals surface area contributed by atoms with Crippen LogP contribution in [0.25, 0.3) is 5.13 Å². The third-order valence-corrected chi connectivity index (χ3v) is 3.59. The lowest BCUT2D eigenvalue weighted by atomic mass is 10.1. The number of hydrogen-bond acceptors (Lipinski definition) is 4. The minimum Gasteiger partial charge on any atom is -0.383 e. The van der Waals surface area contributed by atoms with E-state index in [-0.39, 0.29) is 0 Å². The van der Waals surface area contributed by atoms with Gasteiger partial charge in [0.2, 0.25) is 5.13 Å². The highest BCUT2D eigenvalue weighted by atomic mass is 79.9. The van der Waals surface area contributed by atoms with Crippen molar-refractivity contribution in [3.63, 3.8) is 0 Å². The molecule has 0 spiro atoms.